The van der Waals surface area contributed by atoms with Gasteiger partial charge in [0.1, 0.15) is 22.2 Å². The minimum Gasteiger partial charge on any atom is -0.491 e. The van der Waals surface area contributed by atoms with E-state index in [0.29, 0.717) is 0 Å². The van der Waals surface area contributed by atoms with Gasteiger partial charge in [-0.25, -0.2) is 9.97 Å². The van der Waals surface area contributed by atoms with Crippen molar-refractivity contribution in [2.75, 3.05) is 19.8 Å². The van der Waals surface area contributed by atoms with E-state index in [0.717, 1.165) is 39.5 Å². The predicted molar refractivity (Wildman–Crippen MR) is 120 cm³/mol. The molecule has 3 heterocycles. The first kappa shape index (κ1) is 20.0. The number of quaternary nitrogens is 1. The third-order valence-electron chi connectivity index (χ3n) is 4.80. The number of benzene rings is 1. The Kier molecular flexibility index (Phi) is 6.16. The number of nitrogens with one attached hydrogen (secondary N) is 1. The zero-order chi connectivity index (χ0) is 19.7. The molecule has 1 atom stereocenters. The molecule has 28 heavy (non-hydrogen) atoms. The van der Waals surface area contributed by atoms with E-state index in [-0.39, 0.29) is 6.10 Å². The second-order valence-electron chi connectivity index (χ2n) is 7.43. The second kappa shape index (κ2) is 8.61. The first-order valence-corrected chi connectivity index (χ1v) is 12.6. The van der Waals surface area contributed by atoms with Crippen LogP contribution in [-0.4, -0.2) is 35.9 Å². The minimum absolute atomic E-state index is 0.199. The molecule has 0 fully saturated rings. The number of rotatable bonds is 6. The van der Waals surface area contributed by atoms with E-state index in [4.69, 9.17) is 14.7 Å². The fourth-order valence-corrected chi connectivity index (χ4v) is 6.33. The SMILES string of the molecule is CSc1nc(SCc2ccc(OC(C)C)cc2)c2c3c(sc2n1)C[NH+](C)CC3. The largest absolute Gasteiger partial charge is 0.491 e. The molecule has 1 N–H and O–H groups in total. The van der Waals surface area contributed by atoms with Gasteiger partial charge in [-0.2, -0.15) is 0 Å². The van der Waals surface area contributed by atoms with Crippen molar-refractivity contribution in [1.29, 1.82) is 0 Å². The summed E-state index contributed by atoms with van der Waals surface area (Å²) in [6.45, 7) is 6.39. The van der Waals surface area contributed by atoms with Crippen molar-refractivity contribution in [1.82, 2.24) is 9.97 Å². The highest BCUT2D eigenvalue weighted by Crippen LogP contribution is 2.38. The van der Waals surface area contributed by atoms with Crippen LogP contribution in [0.3, 0.4) is 0 Å². The topological polar surface area (TPSA) is 39.5 Å². The van der Waals surface area contributed by atoms with Gasteiger partial charge in [0.25, 0.3) is 0 Å². The Morgan fingerprint density at radius 3 is 2.71 bits per heavy atom. The molecule has 3 aromatic rings. The Morgan fingerprint density at radius 2 is 2.00 bits per heavy atom. The molecular weight excluding hydrogens is 406 g/mol. The van der Waals surface area contributed by atoms with Crippen LogP contribution in [0.1, 0.15) is 29.9 Å². The summed E-state index contributed by atoms with van der Waals surface area (Å²) in [5.74, 6) is 1.83. The summed E-state index contributed by atoms with van der Waals surface area (Å²) < 4.78 is 5.75. The van der Waals surface area contributed by atoms with Crippen molar-refractivity contribution in [2.24, 2.45) is 0 Å². The molecule has 148 valence electrons. The van der Waals surface area contributed by atoms with Gasteiger partial charge in [0.2, 0.25) is 0 Å². The Labute approximate surface area is 179 Å². The first-order chi connectivity index (χ1) is 13.5. The highest BCUT2D eigenvalue weighted by atomic mass is 32.2. The molecule has 2 aromatic heterocycles. The molecule has 0 radical (unpaired) electrons. The fraction of sp³-hybridized carbons (Fsp3) is 0.429. The maximum atomic E-state index is 5.75. The number of aromatic nitrogens is 2. The summed E-state index contributed by atoms with van der Waals surface area (Å²) in [5.41, 5.74) is 2.77. The lowest BCUT2D eigenvalue weighted by molar-refractivity contribution is -0.895. The molecule has 0 aliphatic carbocycles. The third-order valence-corrected chi connectivity index (χ3v) is 7.52. The Balaban J connectivity index is 1.60. The van der Waals surface area contributed by atoms with Crippen molar-refractivity contribution < 1.29 is 9.64 Å². The smallest absolute Gasteiger partial charge is 0.189 e. The van der Waals surface area contributed by atoms with E-state index in [1.807, 2.05) is 36.9 Å². The second-order valence-corrected chi connectivity index (χ2v) is 10.3. The standard InChI is InChI=1S/C21H25N3OS3/c1-13(2)25-15-7-5-14(6-8-15)12-27-19-18-16-9-10-24(3)11-17(16)28-20(18)23-21(22-19)26-4/h5-8,13H,9-12H2,1-4H3/p+1. The highest BCUT2D eigenvalue weighted by Gasteiger charge is 2.25. The average molecular weight is 433 g/mol. The van der Waals surface area contributed by atoms with Crippen molar-refractivity contribution in [2.45, 2.75) is 48.9 Å². The van der Waals surface area contributed by atoms with Crippen LogP contribution in [0.15, 0.2) is 34.4 Å². The summed E-state index contributed by atoms with van der Waals surface area (Å²) in [6, 6.07) is 8.42. The highest BCUT2D eigenvalue weighted by molar-refractivity contribution is 7.99. The summed E-state index contributed by atoms with van der Waals surface area (Å²) in [5, 5.41) is 3.30. The monoisotopic (exact) mass is 432 g/mol. The number of ether oxygens (including phenoxy) is 1. The number of fused-ring (bicyclic) bond motifs is 3. The van der Waals surface area contributed by atoms with Crippen LogP contribution in [0.4, 0.5) is 0 Å². The minimum atomic E-state index is 0.199. The van der Waals surface area contributed by atoms with Gasteiger partial charge in [-0.15, -0.1) is 23.1 Å². The van der Waals surface area contributed by atoms with Crippen molar-refractivity contribution in [3.05, 3.63) is 40.3 Å². The molecule has 1 aromatic carbocycles. The maximum Gasteiger partial charge on any atom is 0.189 e. The van der Waals surface area contributed by atoms with E-state index in [1.54, 1.807) is 16.7 Å². The zero-order valence-corrected chi connectivity index (χ0v) is 19.2. The molecule has 1 aliphatic heterocycles. The van der Waals surface area contributed by atoms with Crippen LogP contribution >= 0.6 is 34.9 Å². The van der Waals surface area contributed by atoms with E-state index in [2.05, 4.69) is 37.6 Å². The number of thioether (sulfide) groups is 2. The molecule has 1 unspecified atom stereocenters. The van der Waals surface area contributed by atoms with Crippen LogP contribution in [-0.2, 0) is 18.7 Å². The first-order valence-electron chi connectivity index (χ1n) is 9.59. The van der Waals surface area contributed by atoms with E-state index >= 15 is 0 Å². The summed E-state index contributed by atoms with van der Waals surface area (Å²) in [6.07, 6.45) is 3.37. The zero-order valence-electron chi connectivity index (χ0n) is 16.7. The molecule has 0 amide bonds. The Morgan fingerprint density at radius 1 is 1.21 bits per heavy atom. The van der Waals surface area contributed by atoms with Crippen molar-refractivity contribution in [3.8, 4) is 5.75 Å². The van der Waals surface area contributed by atoms with Crippen LogP contribution in [0, 0.1) is 0 Å². The van der Waals surface area contributed by atoms with Crippen molar-refractivity contribution >= 4 is 45.1 Å². The lowest BCUT2D eigenvalue weighted by Gasteiger charge is -2.19. The lowest BCUT2D eigenvalue weighted by atomic mass is 10.1. The molecule has 0 spiro atoms. The van der Waals surface area contributed by atoms with Crippen LogP contribution in [0.25, 0.3) is 10.2 Å². The summed E-state index contributed by atoms with van der Waals surface area (Å²) in [4.78, 5) is 13.9. The fourth-order valence-electron chi connectivity index (χ4n) is 3.44. The van der Waals surface area contributed by atoms with E-state index in [1.165, 1.54) is 27.9 Å². The number of hydrogen-bond donors (Lipinski definition) is 1. The van der Waals surface area contributed by atoms with Gasteiger partial charge >= 0.3 is 0 Å². The van der Waals surface area contributed by atoms with Crippen LogP contribution in [0.2, 0.25) is 0 Å². The quantitative estimate of drug-likeness (QED) is 0.361. The van der Waals surface area contributed by atoms with Gasteiger partial charge in [-0.3, -0.25) is 0 Å². The molecule has 0 saturated heterocycles. The maximum absolute atomic E-state index is 5.75. The van der Waals surface area contributed by atoms with Crippen molar-refractivity contribution in [3.63, 3.8) is 0 Å². The van der Waals surface area contributed by atoms with E-state index < -0.39 is 0 Å². The van der Waals surface area contributed by atoms with Gasteiger partial charge in [0.05, 0.1) is 24.6 Å². The molecule has 4 rings (SSSR count). The number of thiophene rings is 1. The molecule has 1 aliphatic rings. The Hall–Kier alpha value is -1.28. The van der Waals surface area contributed by atoms with Gasteiger partial charge < -0.3 is 9.64 Å². The van der Waals surface area contributed by atoms with Crippen LogP contribution in [0.5, 0.6) is 5.75 Å². The molecular formula is C21H26N3OS3+. The number of likely N-dealkylation sites (N-methyl/N-ethyl adjacent to an activating group) is 1. The predicted octanol–water partition coefficient (Wildman–Crippen LogP) is 4.06. The molecule has 4 nitrogen and oxygen atoms in total. The molecule has 0 saturated carbocycles. The summed E-state index contributed by atoms with van der Waals surface area (Å²) >= 11 is 5.31. The molecule has 7 heteroatoms. The number of nitrogens with zero attached hydrogens (tertiary/aromatic N) is 2. The Bertz CT molecular complexity index is 969. The normalized spacial score (nSPS) is 16.5. The lowest BCUT2D eigenvalue weighted by Crippen LogP contribution is -3.08. The van der Waals surface area contributed by atoms with Gasteiger partial charge in [-0.1, -0.05) is 23.9 Å². The summed E-state index contributed by atoms with van der Waals surface area (Å²) in [7, 11) is 2.27. The van der Waals surface area contributed by atoms with Gasteiger partial charge in [0, 0.05) is 17.6 Å². The molecule has 0 bridgehead atoms. The third kappa shape index (κ3) is 4.32. The van der Waals surface area contributed by atoms with Crippen LogP contribution < -0.4 is 9.64 Å². The average Bonchev–Trinajstić information content (AvgIpc) is 3.04. The number of hydrogen-bond acceptors (Lipinski definition) is 6. The van der Waals surface area contributed by atoms with Gasteiger partial charge in [0.15, 0.2) is 5.16 Å². The van der Waals surface area contributed by atoms with Gasteiger partial charge in [-0.05, 0) is 43.4 Å². The van der Waals surface area contributed by atoms with E-state index in [9.17, 15) is 0 Å².